The molecule has 2 rings (SSSR count). The standard InChI is InChI=1S/C12H20N2O2/c1-3-4-10-9-12(15,6-8-16-10)11-5-7-14(2)13-11/h5,7,10,15H,3-4,6,8-9H2,1-2H3. The van der Waals surface area contributed by atoms with Crippen LogP contribution in [-0.4, -0.2) is 27.6 Å². The lowest BCUT2D eigenvalue weighted by atomic mass is 9.86. The van der Waals surface area contributed by atoms with Gasteiger partial charge in [-0.2, -0.15) is 5.10 Å². The fourth-order valence-electron chi connectivity index (χ4n) is 2.34. The molecular weight excluding hydrogens is 204 g/mol. The molecule has 1 fully saturated rings. The molecule has 1 aliphatic heterocycles. The minimum absolute atomic E-state index is 0.172. The minimum atomic E-state index is -0.792. The van der Waals surface area contributed by atoms with Gasteiger partial charge >= 0.3 is 0 Å². The van der Waals surface area contributed by atoms with Gasteiger partial charge in [-0.15, -0.1) is 0 Å². The summed E-state index contributed by atoms with van der Waals surface area (Å²) in [4.78, 5) is 0. The highest BCUT2D eigenvalue weighted by atomic mass is 16.5. The van der Waals surface area contributed by atoms with Gasteiger partial charge in [0.1, 0.15) is 5.60 Å². The average Bonchev–Trinajstić information content (AvgIpc) is 2.66. The highest BCUT2D eigenvalue weighted by Gasteiger charge is 2.37. The van der Waals surface area contributed by atoms with Crippen LogP contribution in [0.25, 0.3) is 0 Å². The summed E-state index contributed by atoms with van der Waals surface area (Å²) >= 11 is 0. The smallest absolute Gasteiger partial charge is 0.113 e. The summed E-state index contributed by atoms with van der Waals surface area (Å²) in [5.41, 5.74) is -0.0151. The Bertz CT molecular complexity index is 349. The molecule has 1 saturated heterocycles. The highest BCUT2D eigenvalue weighted by molar-refractivity contribution is 5.12. The first-order valence-corrected chi connectivity index (χ1v) is 5.98. The third-order valence-corrected chi connectivity index (χ3v) is 3.24. The summed E-state index contributed by atoms with van der Waals surface area (Å²) in [5, 5.41) is 14.9. The van der Waals surface area contributed by atoms with Crippen molar-refractivity contribution in [2.45, 2.75) is 44.3 Å². The number of aryl methyl sites for hydroxylation is 1. The molecule has 1 aliphatic rings. The van der Waals surface area contributed by atoms with Gasteiger partial charge in [0.2, 0.25) is 0 Å². The number of rotatable bonds is 3. The second-order valence-electron chi connectivity index (χ2n) is 4.64. The van der Waals surface area contributed by atoms with Crippen LogP contribution in [0.4, 0.5) is 0 Å². The molecule has 4 heteroatoms. The average molecular weight is 224 g/mol. The van der Waals surface area contributed by atoms with E-state index in [0.717, 1.165) is 18.5 Å². The third kappa shape index (κ3) is 2.28. The lowest BCUT2D eigenvalue weighted by Gasteiger charge is -2.35. The first-order chi connectivity index (χ1) is 7.64. The summed E-state index contributed by atoms with van der Waals surface area (Å²) < 4.78 is 7.38. The Balaban J connectivity index is 2.11. The molecule has 4 nitrogen and oxygen atoms in total. The molecule has 2 unspecified atom stereocenters. The number of aliphatic hydroxyl groups is 1. The molecule has 0 radical (unpaired) electrons. The molecule has 0 spiro atoms. The van der Waals surface area contributed by atoms with Crippen molar-refractivity contribution in [1.82, 2.24) is 9.78 Å². The van der Waals surface area contributed by atoms with Crippen LogP contribution in [0.1, 0.15) is 38.3 Å². The molecule has 0 amide bonds. The van der Waals surface area contributed by atoms with Crippen molar-refractivity contribution in [2.24, 2.45) is 7.05 Å². The van der Waals surface area contributed by atoms with E-state index in [9.17, 15) is 5.11 Å². The molecule has 1 aromatic heterocycles. The fraction of sp³-hybridized carbons (Fsp3) is 0.750. The Morgan fingerprint density at radius 2 is 2.50 bits per heavy atom. The van der Waals surface area contributed by atoms with Crippen molar-refractivity contribution in [3.63, 3.8) is 0 Å². The normalized spacial score (nSPS) is 30.6. The maximum atomic E-state index is 10.6. The van der Waals surface area contributed by atoms with Crippen LogP contribution < -0.4 is 0 Å². The van der Waals surface area contributed by atoms with Crippen molar-refractivity contribution in [2.75, 3.05) is 6.61 Å². The molecule has 2 atom stereocenters. The van der Waals surface area contributed by atoms with Crippen LogP contribution in [0.2, 0.25) is 0 Å². The van der Waals surface area contributed by atoms with Gasteiger partial charge in [-0.05, 0) is 12.5 Å². The number of nitrogens with zero attached hydrogens (tertiary/aromatic N) is 2. The van der Waals surface area contributed by atoms with E-state index in [4.69, 9.17) is 4.74 Å². The summed E-state index contributed by atoms with van der Waals surface area (Å²) in [6.07, 6.45) is 5.45. The zero-order valence-electron chi connectivity index (χ0n) is 10.0. The number of aromatic nitrogens is 2. The lowest BCUT2D eigenvalue weighted by molar-refractivity contribution is -0.112. The summed E-state index contributed by atoms with van der Waals surface area (Å²) in [6.45, 7) is 2.76. The van der Waals surface area contributed by atoms with Crippen molar-refractivity contribution >= 4 is 0 Å². The van der Waals surface area contributed by atoms with E-state index in [0.29, 0.717) is 19.4 Å². The number of ether oxygens (including phenoxy) is 1. The van der Waals surface area contributed by atoms with Crippen molar-refractivity contribution < 1.29 is 9.84 Å². The van der Waals surface area contributed by atoms with Crippen LogP contribution in [-0.2, 0) is 17.4 Å². The SMILES string of the molecule is CCCC1CC(O)(c2ccn(C)n2)CCO1. The van der Waals surface area contributed by atoms with E-state index >= 15 is 0 Å². The summed E-state index contributed by atoms with van der Waals surface area (Å²) in [5.74, 6) is 0. The van der Waals surface area contributed by atoms with Gasteiger partial charge < -0.3 is 9.84 Å². The van der Waals surface area contributed by atoms with Crippen molar-refractivity contribution in [1.29, 1.82) is 0 Å². The molecule has 16 heavy (non-hydrogen) atoms. The second kappa shape index (κ2) is 4.55. The van der Waals surface area contributed by atoms with Crippen LogP contribution >= 0.6 is 0 Å². The highest BCUT2D eigenvalue weighted by Crippen LogP contribution is 2.34. The molecule has 0 bridgehead atoms. The van der Waals surface area contributed by atoms with Crippen molar-refractivity contribution in [3.8, 4) is 0 Å². The van der Waals surface area contributed by atoms with Gasteiger partial charge in [-0.25, -0.2) is 0 Å². The zero-order chi connectivity index (χ0) is 11.6. The molecule has 90 valence electrons. The Morgan fingerprint density at radius 1 is 1.69 bits per heavy atom. The minimum Gasteiger partial charge on any atom is -0.383 e. The quantitative estimate of drug-likeness (QED) is 0.848. The van der Waals surface area contributed by atoms with E-state index in [1.807, 2.05) is 19.3 Å². The monoisotopic (exact) mass is 224 g/mol. The van der Waals surface area contributed by atoms with E-state index in [1.165, 1.54) is 0 Å². The maximum absolute atomic E-state index is 10.6. The van der Waals surface area contributed by atoms with Gasteiger partial charge in [0.25, 0.3) is 0 Å². The Kier molecular flexibility index (Phi) is 3.30. The van der Waals surface area contributed by atoms with Crippen LogP contribution in [0.15, 0.2) is 12.3 Å². The Labute approximate surface area is 96.2 Å². The van der Waals surface area contributed by atoms with E-state index in [2.05, 4.69) is 12.0 Å². The summed E-state index contributed by atoms with van der Waals surface area (Å²) in [7, 11) is 1.87. The molecule has 0 aliphatic carbocycles. The summed E-state index contributed by atoms with van der Waals surface area (Å²) in [6, 6.07) is 1.90. The topological polar surface area (TPSA) is 47.3 Å². The predicted molar refractivity (Wildman–Crippen MR) is 61.0 cm³/mol. The first-order valence-electron chi connectivity index (χ1n) is 5.98. The van der Waals surface area contributed by atoms with Crippen molar-refractivity contribution in [3.05, 3.63) is 18.0 Å². The number of hydrogen-bond donors (Lipinski definition) is 1. The predicted octanol–water partition coefficient (Wildman–Crippen LogP) is 1.59. The molecule has 0 saturated carbocycles. The molecular formula is C12H20N2O2. The molecule has 1 N–H and O–H groups in total. The Hall–Kier alpha value is -0.870. The Morgan fingerprint density at radius 3 is 3.12 bits per heavy atom. The van der Waals surface area contributed by atoms with E-state index < -0.39 is 5.60 Å². The second-order valence-corrected chi connectivity index (χ2v) is 4.64. The van der Waals surface area contributed by atoms with E-state index in [1.54, 1.807) is 4.68 Å². The largest absolute Gasteiger partial charge is 0.383 e. The van der Waals surface area contributed by atoms with Gasteiger partial charge in [-0.1, -0.05) is 13.3 Å². The first kappa shape index (κ1) is 11.6. The fourth-order valence-corrected chi connectivity index (χ4v) is 2.34. The maximum Gasteiger partial charge on any atom is 0.113 e. The third-order valence-electron chi connectivity index (χ3n) is 3.24. The molecule has 1 aromatic rings. The molecule has 2 heterocycles. The van der Waals surface area contributed by atoms with Gasteiger partial charge in [0, 0.05) is 26.1 Å². The lowest BCUT2D eigenvalue weighted by Crippen LogP contribution is -2.39. The van der Waals surface area contributed by atoms with Gasteiger partial charge in [0.15, 0.2) is 0 Å². The van der Waals surface area contributed by atoms with Gasteiger partial charge in [-0.3, -0.25) is 4.68 Å². The van der Waals surface area contributed by atoms with Gasteiger partial charge in [0.05, 0.1) is 18.4 Å². The molecule has 0 aromatic carbocycles. The van der Waals surface area contributed by atoms with Crippen LogP contribution in [0, 0.1) is 0 Å². The van der Waals surface area contributed by atoms with E-state index in [-0.39, 0.29) is 6.10 Å². The van der Waals surface area contributed by atoms with Crippen LogP contribution in [0.3, 0.4) is 0 Å². The van der Waals surface area contributed by atoms with Crippen LogP contribution in [0.5, 0.6) is 0 Å². The number of hydrogen-bond acceptors (Lipinski definition) is 3. The zero-order valence-corrected chi connectivity index (χ0v) is 10.0.